The summed E-state index contributed by atoms with van der Waals surface area (Å²) in [6, 6.07) is 0. The third-order valence-corrected chi connectivity index (χ3v) is 2.22. The minimum Gasteiger partial charge on any atom is -0.850 e. The quantitative estimate of drug-likeness (QED) is 0.536. The van der Waals surface area contributed by atoms with Crippen molar-refractivity contribution >= 4 is 0 Å². The van der Waals surface area contributed by atoms with Gasteiger partial charge in [-0.3, -0.25) is 0 Å². The van der Waals surface area contributed by atoms with E-state index in [1.54, 1.807) is 0 Å². The summed E-state index contributed by atoms with van der Waals surface area (Å²) in [6.45, 7) is 0.120. The van der Waals surface area contributed by atoms with E-state index in [9.17, 15) is 44.6 Å². The van der Waals surface area contributed by atoms with E-state index < -0.39 is 42.8 Å². The summed E-state index contributed by atoms with van der Waals surface area (Å²) in [5.74, 6) is 0. The van der Waals surface area contributed by atoms with E-state index >= 15 is 0 Å². The number of alkyl halides is 9. The van der Waals surface area contributed by atoms with Crippen LogP contribution in [-0.2, 0) is 4.74 Å². The fraction of sp³-hybridized carbons (Fsp3) is 1.00. The maximum atomic E-state index is 12.3. The van der Waals surface area contributed by atoms with Crippen LogP contribution >= 0.6 is 0 Å². The van der Waals surface area contributed by atoms with Crippen LogP contribution < -0.4 is 24.0 Å². The van der Waals surface area contributed by atoms with E-state index in [2.05, 4.69) is 4.74 Å². The Morgan fingerprint density at radius 1 is 0.762 bits per heavy atom. The van der Waals surface area contributed by atoms with Crippen LogP contribution in [-0.4, -0.2) is 36.3 Å². The molecule has 0 aromatic rings. The van der Waals surface area contributed by atoms with Gasteiger partial charge in [0.05, 0.1) is 0 Å². The summed E-state index contributed by atoms with van der Waals surface area (Å²) in [4.78, 5) is 0. The molecule has 0 radical (unpaired) electrons. The zero-order chi connectivity index (χ0) is 16.6. The van der Waals surface area contributed by atoms with Gasteiger partial charge in [-0.25, -0.2) is 0 Å². The van der Waals surface area contributed by atoms with Crippen molar-refractivity contribution in [1.29, 1.82) is 0 Å². The first kappa shape index (κ1) is 23.2. The first-order valence-corrected chi connectivity index (χ1v) is 5.00. The molecule has 0 saturated carbocycles. The zero-order valence-electron chi connectivity index (χ0n) is 11.1. The predicted octanol–water partition coefficient (Wildman–Crippen LogP) is -0.0383. The molecule has 0 N–H and O–H groups in total. The molecular weight excluding hydrogens is 318 g/mol. The molecule has 0 aliphatic carbocycles. The van der Waals surface area contributed by atoms with E-state index in [4.69, 9.17) is 0 Å². The van der Waals surface area contributed by atoms with Crippen LogP contribution in [0.3, 0.4) is 0 Å². The Labute approximate surface area is 125 Å². The second kappa shape index (κ2) is 6.56. The molecular formula is C9H10F9LiO2. The van der Waals surface area contributed by atoms with Crippen molar-refractivity contribution in [1.82, 2.24) is 0 Å². The van der Waals surface area contributed by atoms with Crippen LogP contribution in [0.15, 0.2) is 0 Å². The van der Waals surface area contributed by atoms with Gasteiger partial charge >= 0.3 is 43.0 Å². The number of ether oxygens (including phenoxy) is 1. The van der Waals surface area contributed by atoms with Gasteiger partial charge in [-0.1, -0.05) is 13.8 Å². The summed E-state index contributed by atoms with van der Waals surface area (Å²) in [5.41, 5.74) is -8.34. The van der Waals surface area contributed by atoms with Gasteiger partial charge in [0, 0.05) is 6.61 Å². The molecule has 0 fully saturated rings. The van der Waals surface area contributed by atoms with Crippen LogP contribution in [0.25, 0.3) is 0 Å². The zero-order valence-corrected chi connectivity index (χ0v) is 11.1. The van der Waals surface area contributed by atoms with Gasteiger partial charge in [0.25, 0.3) is 0 Å². The monoisotopic (exact) mass is 328 g/mol. The molecule has 0 unspecified atom stereocenters. The summed E-state index contributed by atoms with van der Waals surface area (Å²) in [7, 11) is 0. The van der Waals surface area contributed by atoms with Gasteiger partial charge in [-0.15, -0.1) is 5.60 Å². The summed E-state index contributed by atoms with van der Waals surface area (Å²) in [6.07, 6.45) is -21.3. The first-order valence-electron chi connectivity index (χ1n) is 5.00. The number of halogens is 9. The second-order valence-electron chi connectivity index (χ2n) is 4.53. The standard InChI is InChI=1S/C9H10F9O2.Li/c1-5(2,19)3-4-20-6(7(10,11)12,8(13,14)15)9(16,17)18;/h3-4H2,1-2H3;/q-1;+1. The molecule has 0 aromatic carbocycles. The fourth-order valence-electron chi connectivity index (χ4n) is 1.18. The minimum absolute atomic E-state index is 0. The molecule has 21 heavy (non-hydrogen) atoms. The van der Waals surface area contributed by atoms with Gasteiger partial charge in [0.15, 0.2) is 0 Å². The Kier molecular flexibility index (Phi) is 7.23. The van der Waals surface area contributed by atoms with E-state index in [0.717, 1.165) is 13.8 Å². The van der Waals surface area contributed by atoms with Gasteiger partial charge in [-0.05, 0) is 6.42 Å². The average Bonchev–Trinajstić information content (AvgIpc) is 2.03. The van der Waals surface area contributed by atoms with Gasteiger partial charge in [0.1, 0.15) is 0 Å². The first-order chi connectivity index (χ1) is 8.46. The second-order valence-corrected chi connectivity index (χ2v) is 4.53. The van der Waals surface area contributed by atoms with E-state index in [0.29, 0.717) is 0 Å². The van der Waals surface area contributed by atoms with Gasteiger partial charge in [0.2, 0.25) is 0 Å². The third-order valence-electron chi connectivity index (χ3n) is 2.22. The van der Waals surface area contributed by atoms with Gasteiger partial charge in [-0.2, -0.15) is 39.5 Å². The van der Waals surface area contributed by atoms with Crippen molar-refractivity contribution < 1.29 is 68.2 Å². The molecule has 0 aromatic heterocycles. The van der Waals surface area contributed by atoms with E-state index in [1.807, 2.05) is 0 Å². The molecule has 122 valence electrons. The molecule has 0 rings (SSSR count). The Bertz CT molecular complexity index is 290. The van der Waals surface area contributed by atoms with Gasteiger partial charge < -0.3 is 9.84 Å². The summed E-state index contributed by atoms with van der Waals surface area (Å²) >= 11 is 0. The molecule has 2 nitrogen and oxygen atoms in total. The van der Waals surface area contributed by atoms with Crippen molar-refractivity contribution in [3.05, 3.63) is 0 Å². The van der Waals surface area contributed by atoms with E-state index in [1.165, 1.54) is 0 Å². The number of hydrogen-bond acceptors (Lipinski definition) is 2. The topological polar surface area (TPSA) is 32.3 Å². The van der Waals surface area contributed by atoms with Crippen molar-refractivity contribution in [2.75, 3.05) is 6.61 Å². The molecule has 0 atom stereocenters. The average molecular weight is 328 g/mol. The SMILES string of the molecule is CC(C)([O-])CCOC(C(F)(F)F)(C(F)(F)F)C(F)(F)F.[Li+]. The van der Waals surface area contributed by atoms with Crippen molar-refractivity contribution in [2.24, 2.45) is 0 Å². The molecule has 0 aliphatic heterocycles. The van der Waals surface area contributed by atoms with Crippen molar-refractivity contribution in [3.8, 4) is 0 Å². The van der Waals surface area contributed by atoms with Crippen LogP contribution in [0.5, 0.6) is 0 Å². The Balaban J connectivity index is 0. The van der Waals surface area contributed by atoms with Crippen LogP contribution in [0, 0.1) is 0 Å². The molecule has 0 bridgehead atoms. The largest absolute Gasteiger partial charge is 1.00 e. The molecule has 0 amide bonds. The summed E-state index contributed by atoms with van der Waals surface area (Å²) < 4.78 is 114. The molecule has 12 heteroatoms. The minimum atomic E-state index is -6.77. The van der Waals surface area contributed by atoms with Crippen molar-refractivity contribution in [2.45, 2.75) is 50.0 Å². The Morgan fingerprint density at radius 2 is 1.05 bits per heavy atom. The predicted molar refractivity (Wildman–Crippen MR) is 45.5 cm³/mol. The maximum absolute atomic E-state index is 12.3. The molecule has 0 spiro atoms. The van der Waals surface area contributed by atoms with Crippen LogP contribution in [0.4, 0.5) is 39.5 Å². The third kappa shape index (κ3) is 5.23. The maximum Gasteiger partial charge on any atom is 1.00 e. The molecule has 0 aliphatic rings. The van der Waals surface area contributed by atoms with Crippen molar-refractivity contribution in [3.63, 3.8) is 0 Å². The Hall–Kier alpha value is -0.113. The van der Waals surface area contributed by atoms with E-state index in [-0.39, 0.29) is 18.9 Å². The Morgan fingerprint density at radius 3 is 1.24 bits per heavy atom. The molecule has 0 saturated heterocycles. The fourth-order valence-corrected chi connectivity index (χ4v) is 1.18. The number of hydrogen-bond donors (Lipinski definition) is 0. The van der Waals surface area contributed by atoms with Crippen LogP contribution in [0.2, 0.25) is 0 Å². The summed E-state index contributed by atoms with van der Waals surface area (Å²) in [5, 5.41) is 11.0. The van der Waals surface area contributed by atoms with Crippen LogP contribution in [0.1, 0.15) is 20.3 Å². The molecule has 0 heterocycles. The number of rotatable bonds is 4. The normalized spacial score (nSPS) is 14.9. The smallest absolute Gasteiger partial charge is 0.850 e.